The van der Waals surface area contributed by atoms with Gasteiger partial charge in [-0.2, -0.15) is 0 Å². The maximum absolute atomic E-state index is 11.5. The molecule has 16 heavy (non-hydrogen) atoms. The molecule has 1 saturated heterocycles. The lowest BCUT2D eigenvalue weighted by Gasteiger charge is -2.20. The molecule has 0 saturated carbocycles. The van der Waals surface area contributed by atoms with Crippen LogP contribution in [0.25, 0.3) is 0 Å². The van der Waals surface area contributed by atoms with Gasteiger partial charge in [0, 0.05) is 0 Å². The molecule has 6 nitrogen and oxygen atoms in total. The molecule has 88 valence electrons. The van der Waals surface area contributed by atoms with E-state index in [-0.39, 0.29) is 18.3 Å². The Labute approximate surface area is 96.9 Å². The highest BCUT2D eigenvalue weighted by Gasteiger charge is 2.37. The minimum absolute atomic E-state index is 0.0873. The van der Waals surface area contributed by atoms with Gasteiger partial charge in [0.05, 0.1) is 12.4 Å². The van der Waals surface area contributed by atoms with Crippen LogP contribution in [0.1, 0.15) is 6.92 Å². The van der Waals surface area contributed by atoms with Crippen LogP contribution in [0.4, 0.5) is 4.79 Å². The monoisotopic (exact) mass is 244 g/mol. The third-order valence-electron chi connectivity index (χ3n) is 1.93. The van der Waals surface area contributed by atoms with Gasteiger partial charge in [-0.3, -0.25) is 24.1 Å². The second kappa shape index (κ2) is 5.66. The van der Waals surface area contributed by atoms with Gasteiger partial charge in [0.1, 0.15) is 6.04 Å². The van der Waals surface area contributed by atoms with E-state index in [0.29, 0.717) is 0 Å². The number of thioether (sulfide) groups is 1. The zero-order chi connectivity index (χ0) is 12.1. The molecule has 0 radical (unpaired) electrons. The van der Waals surface area contributed by atoms with Crippen molar-refractivity contribution in [3.63, 3.8) is 0 Å². The molecule has 0 spiro atoms. The normalized spacial score (nSPS) is 17.4. The molecule has 1 rings (SSSR count). The molecule has 1 aliphatic heterocycles. The van der Waals surface area contributed by atoms with E-state index in [9.17, 15) is 14.4 Å². The second-order valence-corrected chi connectivity index (χ2v) is 3.99. The number of hydrogen-bond donors (Lipinski definition) is 1. The third-order valence-corrected chi connectivity index (χ3v) is 2.76. The van der Waals surface area contributed by atoms with Crippen LogP contribution in [-0.4, -0.2) is 40.4 Å². The standard InChI is InChI=1S/C9H12N2O4S/c1-3-4-15-10-8(13)6(2)11-7(12)5-16-9(11)14/h3,6H,1,4-5H2,2H3,(H,10,13). The summed E-state index contributed by atoms with van der Waals surface area (Å²) >= 11 is 0.888. The SMILES string of the molecule is C=CCONC(=O)C(C)N1C(=O)CSC1=O. The number of nitrogens with one attached hydrogen (secondary N) is 1. The summed E-state index contributed by atoms with van der Waals surface area (Å²) in [6.45, 7) is 5.03. The molecular formula is C9H12N2O4S. The van der Waals surface area contributed by atoms with Crippen molar-refractivity contribution in [2.24, 2.45) is 0 Å². The lowest BCUT2D eigenvalue weighted by atomic mass is 10.3. The molecule has 0 aliphatic carbocycles. The van der Waals surface area contributed by atoms with Crippen molar-refractivity contribution < 1.29 is 19.2 Å². The van der Waals surface area contributed by atoms with Crippen LogP contribution < -0.4 is 5.48 Å². The van der Waals surface area contributed by atoms with Crippen molar-refractivity contribution in [1.82, 2.24) is 10.4 Å². The highest BCUT2D eigenvalue weighted by atomic mass is 32.2. The van der Waals surface area contributed by atoms with Gasteiger partial charge in [-0.15, -0.1) is 6.58 Å². The summed E-state index contributed by atoms with van der Waals surface area (Å²) in [5, 5.41) is -0.406. The molecule has 1 unspecified atom stereocenters. The van der Waals surface area contributed by atoms with Crippen LogP contribution in [0.15, 0.2) is 12.7 Å². The lowest BCUT2D eigenvalue weighted by Crippen LogP contribution is -2.47. The first-order chi connectivity index (χ1) is 7.57. The van der Waals surface area contributed by atoms with Crippen molar-refractivity contribution in [1.29, 1.82) is 0 Å². The number of imide groups is 1. The number of hydrogen-bond acceptors (Lipinski definition) is 5. The minimum Gasteiger partial charge on any atom is -0.273 e. The van der Waals surface area contributed by atoms with Crippen molar-refractivity contribution in [2.75, 3.05) is 12.4 Å². The molecule has 3 amide bonds. The minimum atomic E-state index is -0.861. The lowest BCUT2D eigenvalue weighted by molar-refractivity contribution is -0.141. The Kier molecular flexibility index (Phi) is 4.51. The first kappa shape index (κ1) is 12.7. The maximum Gasteiger partial charge on any atom is 0.289 e. The fraction of sp³-hybridized carbons (Fsp3) is 0.444. The summed E-state index contributed by atoms with van der Waals surface area (Å²) < 4.78 is 0. The highest BCUT2D eigenvalue weighted by Crippen LogP contribution is 2.21. The van der Waals surface area contributed by atoms with E-state index in [1.807, 2.05) is 0 Å². The molecule has 7 heteroatoms. The zero-order valence-corrected chi connectivity index (χ0v) is 9.58. The van der Waals surface area contributed by atoms with Gasteiger partial charge in [-0.25, -0.2) is 5.48 Å². The Morgan fingerprint density at radius 3 is 2.94 bits per heavy atom. The number of hydroxylamine groups is 1. The van der Waals surface area contributed by atoms with Crippen LogP contribution >= 0.6 is 11.8 Å². The molecule has 0 bridgehead atoms. The zero-order valence-electron chi connectivity index (χ0n) is 8.76. The highest BCUT2D eigenvalue weighted by molar-refractivity contribution is 8.14. The molecule has 0 aromatic heterocycles. The first-order valence-electron chi connectivity index (χ1n) is 4.59. The Balaban J connectivity index is 2.52. The first-order valence-corrected chi connectivity index (χ1v) is 5.58. The Hall–Kier alpha value is -1.34. The molecule has 1 aliphatic rings. The van der Waals surface area contributed by atoms with E-state index >= 15 is 0 Å². The van der Waals surface area contributed by atoms with Gasteiger partial charge >= 0.3 is 0 Å². The van der Waals surface area contributed by atoms with Gasteiger partial charge in [-0.05, 0) is 6.92 Å². The summed E-state index contributed by atoms with van der Waals surface area (Å²) in [5.74, 6) is -0.809. The third kappa shape index (κ3) is 2.83. The maximum atomic E-state index is 11.5. The van der Waals surface area contributed by atoms with Gasteiger partial charge < -0.3 is 0 Å². The average Bonchev–Trinajstić information content (AvgIpc) is 2.58. The van der Waals surface area contributed by atoms with Gasteiger partial charge in [-0.1, -0.05) is 17.8 Å². The molecule has 0 aromatic rings. The van der Waals surface area contributed by atoms with Gasteiger partial charge in [0.15, 0.2) is 0 Å². The van der Waals surface area contributed by atoms with E-state index in [4.69, 9.17) is 4.84 Å². The molecular weight excluding hydrogens is 232 g/mol. The van der Waals surface area contributed by atoms with Crippen molar-refractivity contribution in [3.8, 4) is 0 Å². The Morgan fingerprint density at radius 1 is 1.75 bits per heavy atom. The van der Waals surface area contributed by atoms with Crippen LogP contribution in [0.5, 0.6) is 0 Å². The Morgan fingerprint density at radius 2 is 2.44 bits per heavy atom. The van der Waals surface area contributed by atoms with Crippen molar-refractivity contribution in [2.45, 2.75) is 13.0 Å². The number of amides is 3. The summed E-state index contributed by atoms with van der Waals surface area (Å²) in [6.07, 6.45) is 1.47. The largest absolute Gasteiger partial charge is 0.289 e. The van der Waals surface area contributed by atoms with Crippen molar-refractivity contribution >= 4 is 28.8 Å². The molecule has 1 N–H and O–H groups in total. The van der Waals surface area contributed by atoms with Gasteiger partial charge in [0.2, 0.25) is 5.91 Å². The molecule has 1 atom stereocenters. The van der Waals surface area contributed by atoms with Crippen LogP contribution in [-0.2, 0) is 14.4 Å². The second-order valence-electron chi connectivity index (χ2n) is 3.06. The van der Waals surface area contributed by atoms with Gasteiger partial charge in [0.25, 0.3) is 11.1 Å². The summed E-state index contributed by atoms with van der Waals surface area (Å²) in [4.78, 5) is 39.7. The van der Waals surface area contributed by atoms with Crippen LogP contribution in [0.3, 0.4) is 0 Å². The fourth-order valence-electron chi connectivity index (χ4n) is 1.11. The topological polar surface area (TPSA) is 75.7 Å². The summed E-state index contributed by atoms with van der Waals surface area (Å²) in [7, 11) is 0. The number of nitrogens with zero attached hydrogens (tertiary/aromatic N) is 1. The van der Waals surface area contributed by atoms with Crippen molar-refractivity contribution in [3.05, 3.63) is 12.7 Å². The summed E-state index contributed by atoms with van der Waals surface area (Å²) in [5.41, 5.74) is 2.14. The number of carbonyl (C=O) groups is 3. The quantitative estimate of drug-likeness (QED) is 0.428. The smallest absolute Gasteiger partial charge is 0.273 e. The average molecular weight is 244 g/mol. The summed E-state index contributed by atoms with van der Waals surface area (Å²) in [6, 6.07) is -0.861. The van der Waals surface area contributed by atoms with E-state index in [1.165, 1.54) is 13.0 Å². The number of rotatable bonds is 5. The van der Waals surface area contributed by atoms with E-state index in [0.717, 1.165) is 16.7 Å². The molecule has 1 heterocycles. The van der Waals surface area contributed by atoms with Crippen LogP contribution in [0.2, 0.25) is 0 Å². The predicted molar refractivity (Wildman–Crippen MR) is 58.5 cm³/mol. The number of carbonyl (C=O) groups excluding carboxylic acids is 3. The fourth-order valence-corrected chi connectivity index (χ4v) is 1.90. The van der Waals surface area contributed by atoms with Crippen LogP contribution in [0, 0.1) is 0 Å². The molecule has 1 fully saturated rings. The Bertz CT molecular complexity index is 315. The molecule has 0 aromatic carbocycles. The van der Waals surface area contributed by atoms with E-state index in [2.05, 4.69) is 12.1 Å². The van der Waals surface area contributed by atoms with E-state index < -0.39 is 17.2 Å². The predicted octanol–water partition coefficient (Wildman–Crippen LogP) is 0.304. The van der Waals surface area contributed by atoms with E-state index in [1.54, 1.807) is 0 Å².